The van der Waals surface area contributed by atoms with E-state index in [-0.39, 0.29) is 11.8 Å². The summed E-state index contributed by atoms with van der Waals surface area (Å²) in [5.74, 6) is -0.809. The van der Waals surface area contributed by atoms with Crippen LogP contribution in [0.15, 0.2) is 24.3 Å². The maximum atomic E-state index is 10.6. The first kappa shape index (κ1) is 8.57. The molecule has 0 radical (unpaired) electrons. The molecule has 0 amide bonds. The number of aliphatic carboxylic acids is 1. The van der Waals surface area contributed by atoms with Gasteiger partial charge in [-0.15, -0.1) is 0 Å². The molecule has 0 saturated heterocycles. The van der Waals surface area contributed by atoms with Gasteiger partial charge in [0.15, 0.2) is 0 Å². The molecular weight excluding hydrogens is 188 g/mol. The molecule has 1 aromatic carbocycles. The number of hydrogen-bond acceptors (Lipinski definition) is 1. The Labute approximate surface area is 81.1 Å². The lowest BCUT2D eigenvalue weighted by Gasteiger charge is -2.00. The average Bonchev–Trinajstić information content (AvgIpc) is 2.84. The van der Waals surface area contributed by atoms with Crippen molar-refractivity contribution >= 4 is 17.6 Å². The standard InChI is InChI=1S/C10H9ClO2/c11-9-4-2-1-3-6(9)7-5-8(7)10(12)13/h1-4,7-8H,5H2,(H,12,13)/t7?,8-/m0/s1. The lowest BCUT2D eigenvalue weighted by Crippen LogP contribution is -1.98. The van der Waals surface area contributed by atoms with Crippen molar-refractivity contribution < 1.29 is 9.90 Å². The van der Waals surface area contributed by atoms with Gasteiger partial charge in [0, 0.05) is 5.02 Å². The molecule has 0 spiro atoms. The van der Waals surface area contributed by atoms with Crippen LogP contribution < -0.4 is 0 Å². The molecule has 0 bridgehead atoms. The maximum Gasteiger partial charge on any atom is 0.307 e. The van der Waals surface area contributed by atoms with Crippen molar-refractivity contribution in [3.63, 3.8) is 0 Å². The monoisotopic (exact) mass is 196 g/mol. The second kappa shape index (κ2) is 3.04. The van der Waals surface area contributed by atoms with Crippen molar-refractivity contribution in [3.8, 4) is 0 Å². The fourth-order valence-electron chi connectivity index (χ4n) is 1.59. The Morgan fingerprint density at radius 3 is 2.69 bits per heavy atom. The molecule has 1 saturated carbocycles. The van der Waals surface area contributed by atoms with E-state index in [1.807, 2.05) is 18.2 Å². The quantitative estimate of drug-likeness (QED) is 0.789. The lowest BCUT2D eigenvalue weighted by atomic mass is 10.1. The summed E-state index contributed by atoms with van der Waals surface area (Å²) in [5, 5.41) is 9.41. The topological polar surface area (TPSA) is 37.3 Å². The van der Waals surface area contributed by atoms with Crippen LogP contribution in [-0.4, -0.2) is 11.1 Å². The van der Waals surface area contributed by atoms with Crippen LogP contribution in [-0.2, 0) is 4.79 Å². The van der Waals surface area contributed by atoms with Gasteiger partial charge in [-0.1, -0.05) is 29.8 Å². The van der Waals surface area contributed by atoms with E-state index in [2.05, 4.69) is 0 Å². The van der Waals surface area contributed by atoms with Gasteiger partial charge < -0.3 is 5.11 Å². The smallest absolute Gasteiger partial charge is 0.307 e. The Hall–Kier alpha value is -1.02. The van der Waals surface area contributed by atoms with Crippen LogP contribution in [0.5, 0.6) is 0 Å². The zero-order valence-corrected chi connectivity index (χ0v) is 7.66. The third kappa shape index (κ3) is 1.54. The molecule has 3 heteroatoms. The molecular formula is C10H9ClO2. The Kier molecular flexibility index (Phi) is 2.00. The van der Waals surface area contributed by atoms with Crippen LogP contribution >= 0.6 is 11.6 Å². The minimum Gasteiger partial charge on any atom is -0.481 e. The Morgan fingerprint density at radius 1 is 1.46 bits per heavy atom. The molecule has 68 valence electrons. The summed E-state index contributed by atoms with van der Waals surface area (Å²) >= 11 is 5.94. The van der Waals surface area contributed by atoms with E-state index in [9.17, 15) is 4.79 Å². The first-order valence-electron chi connectivity index (χ1n) is 4.17. The van der Waals surface area contributed by atoms with Crippen molar-refractivity contribution in [1.82, 2.24) is 0 Å². The Bertz CT molecular complexity index is 349. The van der Waals surface area contributed by atoms with Gasteiger partial charge >= 0.3 is 5.97 Å². The molecule has 0 aliphatic heterocycles. The second-order valence-corrected chi connectivity index (χ2v) is 3.72. The van der Waals surface area contributed by atoms with Gasteiger partial charge in [0.25, 0.3) is 0 Å². The molecule has 2 atom stereocenters. The van der Waals surface area contributed by atoms with E-state index in [4.69, 9.17) is 16.7 Å². The first-order chi connectivity index (χ1) is 6.20. The number of carboxylic acids is 1. The van der Waals surface area contributed by atoms with E-state index < -0.39 is 5.97 Å². The van der Waals surface area contributed by atoms with Crippen LogP contribution in [0.4, 0.5) is 0 Å². The molecule has 1 N–H and O–H groups in total. The number of hydrogen-bond donors (Lipinski definition) is 1. The fraction of sp³-hybridized carbons (Fsp3) is 0.300. The highest BCUT2D eigenvalue weighted by molar-refractivity contribution is 6.31. The molecule has 2 nitrogen and oxygen atoms in total. The van der Waals surface area contributed by atoms with Gasteiger partial charge in [0.1, 0.15) is 0 Å². The fourth-order valence-corrected chi connectivity index (χ4v) is 1.86. The van der Waals surface area contributed by atoms with Gasteiger partial charge in [0.2, 0.25) is 0 Å². The summed E-state index contributed by atoms with van der Waals surface area (Å²) in [6.45, 7) is 0. The van der Waals surface area contributed by atoms with Crippen LogP contribution in [0.25, 0.3) is 0 Å². The van der Waals surface area contributed by atoms with E-state index in [0.717, 1.165) is 12.0 Å². The third-order valence-corrected chi connectivity index (χ3v) is 2.76. The highest BCUT2D eigenvalue weighted by Crippen LogP contribution is 2.49. The molecule has 1 aliphatic rings. The number of benzene rings is 1. The van der Waals surface area contributed by atoms with Crippen LogP contribution in [0, 0.1) is 5.92 Å². The highest BCUT2D eigenvalue weighted by atomic mass is 35.5. The molecule has 1 aliphatic carbocycles. The Balaban J connectivity index is 2.21. The van der Waals surface area contributed by atoms with Crippen molar-refractivity contribution in [2.75, 3.05) is 0 Å². The normalized spacial score (nSPS) is 25.6. The summed E-state index contributed by atoms with van der Waals surface area (Å²) in [7, 11) is 0. The summed E-state index contributed by atoms with van der Waals surface area (Å²) < 4.78 is 0. The summed E-state index contributed by atoms with van der Waals surface area (Å²) in [4.78, 5) is 10.6. The number of rotatable bonds is 2. The third-order valence-electron chi connectivity index (χ3n) is 2.41. The van der Waals surface area contributed by atoms with Gasteiger partial charge in [-0.05, 0) is 24.0 Å². The molecule has 2 rings (SSSR count). The van der Waals surface area contributed by atoms with Crippen molar-refractivity contribution in [3.05, 3.63) is 34.9 Å². The molecule has 13 heavy (non-hydrogen) atoms. The number of carboxylic acid groups (broad SMARTS) is 1. The zero-order valence-electron chi connectivity index (χ0n) is 6.90. The second-order valence-electron chi connectivity index (χ2n) is 3.31. The average molecular weight is 197 g/mol. The predicted molar refractivity (Wildman–Crippen MR) is 49.9 cm³/mol. The van der Waals surface area contributed by atoms with Crippen molar-refractivity contribution in [2.45, 2.75) is 12.3 Å². The molecule has 1 unspecified atom stereocenters. The highest BCUT2D eigenvalue weighted by Gasteiger charge is 2.44. The van der Waals surface area contributed by atoms with E-state index >= 15 is 0 Å². The molecule has 0 heterocycles. The minimum absolute atomic E-state index is 0.131. The number of halogens is 1. The predicted octanol–water partition coefficient (Wildman–Crippen LogP) is 2.53. The van der Waals surface area contributed by atoms with Gasteiger partial charge in [0.05, 0.1) is 5.92 Å². The van der Waals surface area contributed by atoms with E-state index in [0.29, 0.717) is 5.02 Å². The first-order valence-corrected chi connectivity index (χ1v) is 4.55. The van der Waals surface area contributed by atoms with Crippen molar-refractivity contribution in [1.29, 1.82) is 0 Å². The summed E-state index contributed by atoms with van der Waals surface area (Å²) in [5.41, 5.74) is 0.969. The van der Waals surface area contributed by atoms with Gasteiger partial charge in [-0.2, -0.15) is 0 Å². The minimum atomic E-state index is -0.718. The maximum absolute atomic E-state index is 10.6. The molecule has 0 aromatic heterocycles. The molecule has 1 fully saturated rings. The SMILES string of the molecule is O=C(O)[C@H]1CC1c1ccccc1Cl. The van der Waals surface area contributed by atoms with Crippen molar-refractivity contribution in [2.24, 2.45) is 5.92 Å². The summed E-state index contributed by atoms with van der Waals surface area (Å²) in [6.07, 6.45) is 0.721. The van der Waals surface area contributed by atoms with Crippen LogP contribution in [0.3, 0.4) is 0 Å². The van der Waals surface area contributed by atoms with E-state index in [1.54, 1.807) is 6.07 Å². The van der Waals surface area contributed by atoms with Crippen LogP contribution in [0.2, 0.25) is 5.02 Å². The largest absolute Gasteiger partial charge is 0.481 e. The molecule has 1 aromatic rings. The van der Waals surface area contributed by atoms with Gasteiger partial charge in [-0.25, -0.2) is 0 Å². The zero-order chi connectivity index (χ0) is 9.42. The lowest BCUT2D eigenvalue weighted by molar-refractivity contribution is -0.138. The Morgan fingerprint density at radius 2 is 2.15 bits per heavy atom. The number of carbonyl (C=O) groups is 1. The summed E-state index contributed by atoms with van der Waals surface area (Å²) in [6, 6.07) is 7.44. The van der Waals surface area contributed by atoms with Crippen LogP contribution in [0.1, 0.15) is 17.9 Å². The van der Waals surface area contributed by atoms with Gasteiger partial charge in [-0.3, -0.25) is 4.79 Å². The van der Waals surface area contributed by atoms with E-state index in [1.165, 1.54) is 0 Å².